The number of pyridine rings is 1. The molecule has 2 atom stereocenters. The lowest BCUT2D eigenvalue weighted by atomic mass is 10.0. The third-order valence-corrected chi connectivity index (χ3v) is 7.75. The van der Waals surface area contributed by atoms with E-state index in [0.29, 0.717) is 5.69 Å². The molecule has 4 rings (SSSR count). The molecule has 3 aromatic rings. The molecule has 0 aliphatic carbocycles. The number of anilines is 1. The van der Waals surface area contributed by atoms with Crippen molar-refractivity contribution in [1.29, 1.82) is 0 Å². The summed E-state index contributed by atoms with van der Waals surface area (Å²) in [4.78, 5) is 14.3. The van der Waals surface area contributed by atoms with Crippen LogP contribution in [0.2, 0.25) is 0 Å². The molecule has 11 heteroatoms. The van der Waals surface area contributed by atoms with Crippen LogP contribution < -0.4 is 9.62 Å². The van der Waals surface area contributed by atoms with Crippen LogP contribution in [0.15, 0.2) is 42.7 Å². The molecule has 176 valence electrons. The monoisotopic (exact) mass is 480 g/mol. The van der Waals surface area contributed by atoms with E-state index in [9.17, 15) is 26.4 Å². The van der Waals surface area contributed by atoms with Crippen molar-refractivity contribution in [2.45, 2.75) is 44.2 Å². The number of aromatic nitrogens is 2. The summed E-state index contributed by atoms with van der Waals surface area (Å²) in [7, 11) is -3.95. The number of benzene rings is 1. The molecule has 0 radical (unpaired) electrons. The number of fused-ring (bicyclic) bond motifs is 1. The Morgan fingerprint density at radius 3 is 2.61 bits per heavy atom. The first kappa shape index (κ1) is 23.1. The Hall–Kier alpha value is -3.08. The van der Waals surface area contributed by atoms with Crippen molar-refractivity contribution >= 4 is 27.1 Å². The first-order chi connectivity index (χ1) is 15.4. The SMILES string of the molecule is CC(C)(C)S(=O)(=O)NC(=O)c1cnn2ccc(N3C[C@H](F)CC3c3cc(F)ccc3F)cc12. The molecule has 0 spiro atoms. The summed E-state index contributed by atoms with van der Waals surface area (Å²) in [5.41, 5.74) is 0.798. The molecule has 0 bridgehead atoms. The molecule has 1 saturated heterocycles. The van der Waals surface area contributed by atoms with Gasteiger partial charge in [-0.05, 0) is 51.1 Å². The highest BCUT2D eigenvalue weighted by Gasteiger charge is 2.36. The number of hydrogen-bond donors (Lipinski definition) is 1. The molecule has 7 nitrogen and oxygen atoms in total. The second-order valence-electron chi connectivity index (χ2n) is 8.99. The number of carbonyl (C=O) groups excluding carboxylic acids is 1. The molecule has 1 fully saturated rings. The zero-order valence-corrected chi connectivity index (χ0v) is 19.0. The fourth-order valence-corrected chi connectivity index (χ4v) is 4.45. The van der Waals surface area contributed by atoms with E-state index in [4.69, 9.17) is 0 Å². The van der Waals surface area contributed by atoms with Gasteiger partial charge in [0.25, 0.3) is 5.91 Å². The summed E-state index contributed by atoms with van der Waals surface area (Å²) in [6.45, 7) is 4.33. The van der Waals surface area contributed by atoms with Crippen LogP contribution in [0.25, 0.3) is 5.52 Å². The largest absolute Gasteiger partial charge is 0.361 e. The van der Waals surface area contributed by atoms with E-state index in [1.807, 2.05) is 0 Å². The Morgan fingerprint density at radius 2 is 1.91 bits per heavy atom. The van der Waals surface area contributed by atoms with Gasteiger partial charge < -0.3 is 4.90 Å². The van der Waals surface area contributed by atoms with Gasteiger partial charge in [0.05, 0.1) is 28.1 Å². The van der Waals surface area contributed by atoms with Crippen molar-refractivity contribution < 1.29 is 26.4 Å². The van der Waals surface area contributed by atoms with Crippen LogP contribution in [0.3, 0.4) is 0 Å². The minimum absolute atomic E-state index is 0.00848. The fourth-order valence-electron chi connectivity index (χ4n) is 3.79. The van der Waals surface area contributed by atoms with Crippen molar-refractivity contribution in [3.8, 4) is 0 Å². The summed E-state index contributed by atoms with van der Waals surface area (Å²) >= 11 is 0. The quantitative estimate of drug-likeness (QED) is 0.615. The van der Waals surface area contributed by atoms with Crippen LogP contribution >= 0.6 is 0 Å². The number of amides is 1. The van der Waals surface area contributed by atoms with Gasteiger partial charge in [-0.2, -0.15) is 5.10 Å². The fraction of sp³-hybridized carbons (Fsp3) is 0.364. The van der Waals surface area contributed by atoms with Gasteiger partial charge in [-0.25, -0.2) is 30.8 Å². The maximum absolute atomic E-state index is 14.4. The Balaban J connectivity index is 1.72. The van der Waals surface area contributed by atoms with Gasteiger partial charge in [0.1, 0.15) is 17.8 Å². The summed E-state index contributed by atoms with van der Waals surface area (Å²) in [6, 6.07) is 5.48. The van der Waals surface area contributed by atoms with E-state index in [1.165, 1.54) is 37.7 Å². The van der Waals surface area contributed by atoms with Gasteiger partial charge in [-0.15, -0.1) is 0 Å². The normalized spacial score (nSPS) is 19.3. The first-order valence-electron chi connectivity index (χ1n) is 10.3. The summed E-state index contributed by atoms with van der Waals surface area (Å²) < 4.78 is 69.6. The maximum Gasteiger partial charge on any atom is 0.268 e. The lowest BCUT2D eigenvalue weighted by Crippen LogP contribution is -2.42. The van der Waals surface area contributed by atoms with E-state index in [2.05, 4.69) is 9.82 Å². The number of nitrogens with one attached hydrogen (secondary N) is 1. The van der Waals surface area contributed by atoms with Crippen molar-refractivity contribution in [1.82, 2.24) is 14.3 Å². The molecule has 33 heavy (non-hydrogen) atoms. The van der Waals surface area contributed by atoms with E-state index < -0.39 is 44.5 Å². The van der Waals surface area contributed by atoms with Crippen molar-refractivity contribution in [3.63, 3.8) is 0 Å². The molecular weight excluding hydrogens is 457 g/mol. The molecule has 1 amide bonds. The highest BCUT2D eigenvalue weighted by Crippen LogP contribution is 2.39. The second-order valence-corrected chi connectivity index (χ2v) is 11.4. The number of nitrogens with zero attached hydrogens (tertiary/aromatic N) is 3. The molecule has 1 unspecified atom stereocenters. The van der Waals surface area contributed by atoms with Crippen LogP contribution in [-0.4, -0.2) is 41.4 Å². The molecule has 1 N–H and O–H groups in total. The molecule has 1 aliphatic heterocycles. The third kappa shape index (κ3) is 4.29. The van der Waals surface area contributed by atoms with Crippen LogP contribution in [0.4, 0.5) is 18.9 Å². The standard InChI is InChI=1S/C22H23F3N4O3S/c1-22(2,3)33(31,32)27-21(30)17-11-26-29-7-6-15(10-20(17)29)28-12-14(24)9-19(28)16-8-13(23)4-5-18(16)25/h4-8,10-11,14,19H,9,12H2,1-3H3,(H,27,30)/t14-,19?/m1/s1. The van der Waals surface area contributed by atoms with Gasteiger partial charge in [0.2, 0.25) is 10.0 Å². The summed E-state index contributed by atoms with van der Waals surface area (Å²) in [6.07, 6.45) is 1.48. The smallest absolute Gasteiger partial charge is 0.268 e. The number of carbonyl (C=O) groups is 1. The van der Waals surface area contributed by atoms with Crippen molar-refractivity contribution in [3.05, 3.63) is 65.5 Å². The zero-order chi connectivity index (χ0) is 24.1. The number of rotatable bonds is 4. The summed E-state index contributed by atoms with van der Waals surface area (Å²) in [5, 5.41) is 4.08. The van der Waals surface area contributed by atoms with Gasteiger partial charge >= 0.3 is 0 Å². The van der Waals surface area contributed by atoms with Crippen LogP contribution in [0.5, 0.6) is 0 Å². The summed E-state index contributed by atoms with van der Waals surface area (Å²) in [5.74, 6) is -2.12. The minimum Gasteiger partial charge on any atom is -0.361 e. The molecule has 3 heterocycles. The van der Waals surface area contributed by atoms with Crippen molar-refractivity contribution in [2.75, 3.05) is 11.4 Å². The molecule has 0 saturated carbocycles. The van der Waals surface area contributed by atoms with E-state index in [-0.39, 0.29) is 29.6 Å². The van der Waals surface area contributed by atoms with Crippen LogP contribution in [0.1, 0.15) is 49.2 Å². The molecule has 1 aromatic carbocycles. The number of halogens is 3. The highest BCUT2D eigenvalue weighted by atomic mass is 32.2. The average molecular weight is 481 g/mol. The second kappa shape index (κ2) is 8.05. The molecule has 1 aliphatic rings. The van der Waals surface area contributed by atoms with Gasteiger partial charge in [-0.3, -0.25) is 4.79 Å². The van der Waals surface area contributed by atoms with Crippen LogP contribution in [-0.2, 0) is 10.0 Å². The number of hydrogen-bond acceptors (Lipinski definition) is 5. The topological polar surface area (TPSA) is 83.8 Å². The van der Waals surface area contributed by atoms with Gasteiger partial charge in [0.15, 0.2) is 0 Å². The van der Waals surface area contributed by atoms with E-state index >= 15 is 0 Å². The maximum atomic E-state index is 14.4. The number of alkyl halides is 1. The Labute approximate surface area is 189 Å². The Bertz CT molecular complexity index is 1330. The lowest BCUT2D eigenvalue weighted by Gasteiger charge is -2.27. The Morgan fingerprint density at radius 1 is 1.18 bits per heavy atom. The lowest BCUT2D eigenvalue weighted by molar-refractivity contribution is 0.0982. The average Bonchev–Trinajstić information content (AvgIpc) is 3.31. The van der Waals surface area contributed by atoms with Gasteiger partial charge in [-0.1, -0.05) is 0 Å². The predicted molar refractivity (Wildman–Crippen MR) is 117 cm³/mol. The number of sulfonamides is 1. The first-order valence-corrected chi connectivity index (χ1v) is 11.8. The highest BCUT2D eigenvalue weighted by molar-refractivity contribution is 7.91. The predicted octanol–water partition coefficient (Wildman–Crippen LogP) is 3.76. The Kier molecular flexibility index (Phi) is 5.63. The molecular formula is C22H23F3N4O3S. The van der Waals surface area contributed by atoms with E-state index in [0.717, 1.165) is 18.2 Å². The molecule has 2 aromatic heterocycles. The van der Waals surface area contributed by atoms with E-state index in [1.54, 1.807) is 17.0 Å². The van der Waals surface area contributed by atoms with Gasteiger partial charge in [0, 0.05) is 30.4 Å². The minimum atomic E-state index is -3.95. The van der Waals surface area contributed by atoms with Crippen LogP contribution in [0, 0.1) is 11.6 Å². The third-order valence-electron chi connectivity index (χ3n) is 5.68. The van der Waals surface area contributed by atoms with Crippen molar-refractivity contribution in [2.24, 2.45) is 0 Å². The zero-order valence-electron chi connectivity index (χ0n) is 18.2.